The molecule has 1 heterocycles. The van der Waals surface area contributed by atoms with Crippen LogP contribution < -0.4 is 5.32 Å². The fourth-order valence-electron chi connectivity index (χ4n) is 3.18. The molecule has 1 saturated heterocycles. The molecule has 1 fully saturated rings. The molecule has 0 radical (unpaired) electrons. The molecule has 1 aliphatic rings. The van der Waals surface area contributed by atoms with Crippen molar-refractivity contribution >= 4 is 0 Å². The first-order valence-corrected chi connectivity index (χ1v) is 7.76. The predicted octanol–water partition coefficient (Wildman–Crippen LogP) is 3.38. The molecule has 0 bridgehead atoms. The fourth-order valence-corrected chi connectivity index (χ4v) is 3.18. The van der Waals surface area contributed by atoms with Gasteiger partial charge in [0.15, 0.2) is 0 Å². The third-order valence-electron chi connectivity index (χ3n) is 4.51. The van der Waals surface area contributed by atoms with Crippen molar-refractivity contribution in [1.82, 2.24) is 10.2 Å². The van der Waals surface area contributed by atoms with Crippen LogP contribution in [0, 0.1) is 0 Å². The number of hydrogen-bond donors (Lipinski definition) is 1. The second-order valence-electron chi connectivity index (χ2n) is 5.70. The number of piperidine rings is 1. The molecule has 0 aromatic heterocycles. The summed E-state index contributed by atoms with van der Waals surface area (Å²) in [6.07, 6.45) is 5.23. The van der Waals surface area contributed by atoms with Crippen molar-refractivity contribution in [3.05, 3.63) is 35.4 Å². The number of nitrogens with zero attached hydrogens (tertiary/aromatic N) is 1. The molecule has 0 saturated carbocycles. The highest BCUT2D eigenvalue weighted by Gasteiger charge is 2.24. The molecule has 1 aromatic rings. The number of likely N-dealkylation sites (N-methyl/N-ethyl adjacent to an activating group) is 1. The van der Waals surface area contributed by atoms with Crippen LogP contribution in [0.15, 0.2) is 24.3 Å². The zero-order chi connectivity index (χ0) is 13.7. The largest absolute Gasteiger partial charge is 0.312 e. The number of aryl methyl sites for hydroxylation is 1. The third kappa shape index (κ3) is 3.58. The van der Waals surface area contributed by atoms with E-state index in [4.69, 9.17) is 0 Å². The van der Waals surface area contributed by atoms with Gasteiger partial charge in [0, 0.05) is 12.1 Å². The second kappa shape index (κ2) is 7.06. The van der Waals surface area contributed by atoms with Crippen LogP contribution in [0.3, 0.4) is 0 Å². The van der Waals surface area contributed by atoms with E-state index in [1.165, 1.54) is 43.5 Å². The third-order valence-corrected chi connectivity index (χ3v) is 4.51. The highest BCUT2D eigenvalue weighted by Crippen LogP contribution is 2.24. The number of rotatable bonds is 5. The van der Waals surface area contributed by atoms with Gasteiger partial charge in [-0.15, -0.1) is 0 Å². The SMILES string of the molecule is CCc1ccc(C(NC)C(C)N2CCCCC2)cc1. The first-order valence-electron chi connectivity index (χ1n) is 7.76. The van der Waals surface area contributed by atoms with Crippen LogP contribution in [0.5, 0.6) is 0 Å². The van der Waals surface area contributed by atoms with Crippen LogP contribution in [0.1, 0.15) is 50.3 Å². The Morgan fingerprint density at radius 3 is 2.26 bits per heavy atom. The average molecular weight is 260 g/mol. The van der Waals surface area contributed by atoms with Crippen molar-refractivity contribution in [3.8, 4) is 0 Å². The topological polar surface area (TPSA) is 15.3 Å². The molecule has 2 unspecified atom stereocenters. The van der Waals surface area contributed by atoms with Crippen LogP contribution >= 0.6 is 0 Å². The molecular weight excluding hydrogens is 232 g/mol. The molecule has 19 heavy (non-hydrogen) atoms. The lowest BCUT2D eigenvalue weighted by atomic mass is 9.96. The molecule has 2 rings (SSSR count). The van der Waals surface area contributed by atoms with E-state index in [0.717, 1.165) is 6.42 Å². The van der Waals surface area contributed by atoms with Crippen molar-refractivity contribution < 1.29 is 0 Å². The zero-order valence-corrected chi connectivity index (χ0v) is 12.7. The van der Waals surface area contributed by atoms with Gasteiger partial charge in [-0.25, -0.2) is 0 Å². The molecule has 2 heteroatoms. The second-order valence-corrected chi connectivity index (χ2v) is 5.70. The molecule has 2 nitrogen and oxygen atoms in total. The van der Waals surface area contributed by atoms with E-state index in [1.54, 1.807) is 0 Å². The van der Waals surface area contributed by atoms with E-state index in [9.17, 15) is 0 Å². The number of nitrogens with one attached hydrogen (secondary N) is 1. The Morgan fingerprint density at radius 1 is 1.11 bits per heavy atom. The quantitative estimate of drug-likeness (QED) is 0.873. The van der Waals surface area contributed by atoms with E-state index < -0.39 is 0 Å². The molecule has 0 aliphatic carbocycles. The molecule has 1 aliphatic heterocycles. The fraction of sp³-hybridized carbons (Fsp3) is 0.647. The van der Waals surface area contributed by atoms with Crippen LogP contribution in [-0.4, -0.2) is 31.1 Å². The molecular formula is C17H28N2. The summed E-state index contributed by atoms with van der Waals surface area (Å²) < 4.78 is 0. The van der Waals surface area contributed by atoms with Gasteiger partial charge in [0.05, 0.1) is 0 Å². The summed E-state index contributed by atoms with van der Waals surface area (Å²) in [6.45, 7) is 7.08. The molecule has 2 atom stereocenters. The summed E-state index contributed by atoms with van der Waals surface area (Å²) in [7, 11) is 2.08. The lowest BCUT2D eigenvalue weighted by molar-refractivity contribution is 0.144. The van der Waals surface area contributed by atoms with E-state index >= 15 is 0 Å². The monoisotopic (exact) mass is 260 g/mol. The lowest BCUT2D eigenvalue weighted by Gasteiger charge is -2.37. The number of likely N-dealkylation sites (tertiary alicyclic amines) is 1. The molecule has 0 amide bonds. The highest BCUT2D eigenvalue weighted by molar-refractivity contribution is 5.26. The van der Waals surface area contributed by atoms with Gasteiger partial charge in [-0.05, 0) is 57.5 Å². The van der Waals surface area contributed by atoms with E-state index in [0.29, 0.717) is 12.1 Å². The summed E-state index contributed by atoms with van der Waals surface area (Å²) in [5, 5.41) is 3.51. The van der Waals surface area contributed by atoms with Gasteiger partial charge in [0.2, 0.25) is 0 Å². The van der Waals surface area contributed by atoms with Gasteiger partial charge in [-0.3, -0.25) is 4.90 Å². The molecule has 106 valence electrons. The average Bonchev–Trinajstić information content (AvgIpc) is 2.49. The Hall–Kier alpha value is -0.860. The summed E-state index contributed by atoms with van der Waals surface area (Å²) in [6, 6.07) is 10.1. The van der Waals surface area contributed by atoms with Gasteiger partial charge in [0.25, 0.3) is 0 Å². The van der Waals surface area contributed by atoms with E-state index in [1.807, 2.05) is 0 Å². The maximum atomic E-state index is 3.51. The maximum Gasteiger partial charge on any atom is 0.0473 e. The van der Waals surface area contributed by atoms with Crippen molar-refractivity contribution in [2.45, 2.75) is 51.6 Å². The first-order chi connectivity index (χ1) is 9.26. The summed E-state index contributed by atoms with van der Waals surface area (Å²) in [5.74, 6) is 0. The van der Waals surface area contributed by atoms with Crippen molar-refractivity contribution in [3.63, 3.8) is 0 Å². The van der Waals surface area contributed by atoms with Gasteiger partial charge in [0.1, 0.15) is 0 Å². The van der Waals surface area contributed by atoms with Gasteiger partial charge < -0.3 is 5.32 Å². The number of benzene rings is 1. The first kappa shape index (κ1) is 14.5. The summed E-state index contributed by atoms with van der Waals surface area (Å²) >= 11 is 0. The maximum absolute atomic E-state index is 3.51. The Kier molecular flexibility index (Phi) is 5.41. The van der Waals surface area contributed by atoms with Crippen molar-refractivity contribution in [2.24, 2.45) is 0 Å². The van der Waals surface area contributed by atoms with Crippen molar-refractivity contribution in [2.75, 3.05) is 20.1 Å². The Labute approximate surface area is 118 Å². The van der Waals surface area contributed by atoms with Crippen LogP contribution in [-0.2, 0) is 6.42 Å². The van der Waals surface area contributed by atoms with Crippen LogP contribution in [0.4, 0.5) is 0 Å². The zero-order valence-electron chi connectivity index (χ0n) is 12.7. The minimum absolute atomic E-state index is 0.434. The smallest absolute Gasteiger partial charge is 0.0473 e. The molecule has 1 aromatic carbocycles. The Bertz CT molecular complexity index is 365. The minimum atomic E-state index is 0.434. The Morgan fingerprint density at radius 2 is 1.74 bits per heavy atom. The van der Waals surface area contributed by atoms with Gasteiger partial charge >= 0.3 is 0 Å². The van der Waals surface area contributed by atoms with Gasteiger partial charge in [-0.2, -0.15) is 0 Å². The Balaban J connectivity index is 2.08. The van der Waals surface area contributed by atoms with Gasteiger partial charge in [-0.1, -0.05) is 37.6 Å². The van der Waals surface area contributed by atoms with E-state index in [2.05, 4.69) is 55.4 Å². The normalized spacial score (nSPS) is 20.2. The minimum Gasteiger partial charge on any atom is -0.312 e. The standard InChI is InChI=1S/C17H28N2/c1-4-15-8-10-16(11-9-15)17(18-3)14(2)19-12-6-5-7-13-19/h8-11,14,17-18H,4-7,12-13H2,1-3H3. The predicted molar refractivity (Wildman–Crippen MR) is 82.5 cm³/mol. The highest BCUT2D eigenvalue weighted by atomic mass is 15.2. The van der Waals surface area contributed by atoms with Crippen molar-refractivity contribution in [1.29, 1.82) is 0 Å². The summed E-state index contributed by atoms with van der Waals surface area (Å²) in [4.78, 5) is 2.64. The van der Waals surface area contributed by atoms with Crippen LogP contribution in [0.25, 0.3) is 0 Å². The molecule has 0 spiro atoms. The molecule has 1 N–H and O–H groups in total. The number of hydrogen-bond acceptors (Lipinski definition) is 2. The van der Waals surface area contributed by atoms with Crippen LogP contribution in [0.2, 0.25) is 0 Å². The summed E-state index contributed by atoms with van der Waals surface area (Å²) in [5.41, 5.74) is 2.84. The van der Waals surface area contributed by atoms with E-state index in [-0.39, 0.29) is 0 Å². The lowest BCUT2D eigenvalue weighted by Crippen LogP contribution is -2.44.